The maximum Gasteiger partial charge on any atom is 0.0438 e. The van der Waals surface area contributed by atoms with Gasteiger partial charge in [-0.15, -0.1) is 0 Å². The van der Waals surface area contributed by atoms with Crippen molar-refractivity contribution in [3.8, 4) is 0 Å². The van der Waals surface area contributed by atoms with Crippen LogP contribution in [0, 0.1) is 0 Å². The van der Waals surface area contributed by atoms with E-state index in [9.17, 15) is 0 Å². The second-order valence-electron chi connectivity index (χ2n) is 5.97. The molecular formula is C17H25NS. The van der Waals surface area contributed by atoms with Gasteiger partial charge in [0.25, 0.3) is 0 Å². The van der Waals surface area contributed by atoms with E-state index in [4.69, 9.17) is 0 Å². The summed E-state index contributed by atoms with van der Waals surface area (Å²) in [6, 6.07) is 9.92. The highest BCUT2D eigenvalue weighted by Crippen LogP contribution is 2.39. The Kier molecular flexibility index (Phi) is 4.49. The average molecular weight is 275 g/mol. The molecular weight excluding hydrogens is 250 g/mol. The molecule has 2 atom stereocenters. The fourth-order valence-electron chi connectivity index (χ4n) is 3.34. The highest BCUT2D eigenvalue weighted by molar-refractivity contribution is 8.00. The number of benzene rings is 1. The van der Waals surface area contributed by atoms with Crippen molar-refractivity contribution in [2.45, 2.75) is 55.7 Å². The monoisotopic (exact) mass is 275 g/mol. The van der Waals surface area contributed by atoms with Crippen molar-refractivity contribution in [3.63, 3.8) is 0 Å². The first kappa shape index (κ1) is 13.5. The summed E-state index contributed by atoms with van der Waals surface area (Å²) < 4.78 is 0. The van der Waals surface area contributed by atoms with E-state index in [2.05, 4.69) is 48.4 Å². The Labute approximate surface area is 121 Å². The van der Waals surface area contributed by atoms with Crippen molar-refractivity contribution in [3.05, 3.63) is 35.4 Å². The van der Waals surface area contributed by atoms with Crippen LogP contribution in [0.25, 0.3) is 0 Å². The summed E-state index contributed by atoms with van der Waals surface area (Å²) in [6.45, 7) is 0. The van der Waals surface area contributed by atoms with Crippen molar-refractivity contribution in [1.82, 2.24) is 5.32 Å². The van der Waals surface area contributed by atoms with Gasteiger partial charge < -0.3 is 5.32 Å². The lowest BCUT2D eigenvalue weighted by Crippen LogP contribution is -2.29. The van der Waals surface area contributed by atoms with Gasteiger partial charge in [-0.3, -0.25) is 0 Å². The highest BCUT2D eigenvalue weighted by atomic mass is 32.2. The third-order valence-electron chi connectivity index (χ3n) is 4.74. The largest absolute Gasteiger partial charge is 0.312 e. The van der Waals surface area contributed by atoms with Crippen molar-refractivity contribution in [2.75, 3.05) is 12.8 Å². The van der Waals surface area contributed by atoms with Crippen molar-refractivity contribution in [2.24, 2.45) is 0 Å². The first-order chi connectivity index (χ1) is 9.38. The normalized spacial score (nSPS) is 25.8. The van der Waals surface area contributed by atoms with Crippen LogP contribution < -0.4 is 5.32 Å². The molecule has 1 aromatic rings. The summed E-state index contributed by atoms with van der Waals surface area (Å²) >= 11 is 2.16. The fraction of sp³-hybridized carbons (Fsp3) is 0.647. The fourth-order valence-corrected chi connectivity index (χ4v) is 4.84. The first-order valence-corrected chi connectivity index (χ1v) is 8.82. The van der Waals surface area contributed by atoms with E-state index in [1.165, 1.54) is 49.8 Å². The molecule has 2 aliphatic rings. The van der Waals surface area contributed by atoms with Crippen LogP contribution >= 0.6 is 11.8 Å². The smallest absolute Gasteiger partial charge is 0.0438 e. The molecule has 2 heteroatoms. The van der Waals surface area contributed by atoms with Crippen LogP contribution in [0.2, 0.25) is 0 Å². The lowest BCUT2D eigenvalue weighted by molar-refractivity contribution is 0.418. The van der Waals surface area contributed by atoms with Gasteiger partial charge in [-0.1, -0.05) is 37.1 Å². The number of rotatable bonds is 4. The number of hydrogen-bond acceptors (Lipinski definition) is 2. The highest BCUT2D eigenvalue weighted by Gasteiger charge is 2.26. The first-order valence-electron chi connectivity index (χ1n) is 7.77. The van der Waals surface area contributed by atoms with Crippen molar-refractivity contribution in [1.29, 1.82) is 0 Å². The van der Waals surface area contributed by atoms with Crippen LogP contribution in [0.4, 0.5) is 0 Å². The van der Waals surface area contributed by atoms with Crippen LogP contribution in [-0.2, 0) is 0 Å². The molecule has 0 amide bonds. The summed E-state index contributed by atoms with van der Waals surface area (Å²) in [7, 11) is 2.12. The van der Waals surface area contributed by atoms with E-state index in [0.29, 0.717) is 6.04 Å². The Hall–Kier alpha value is -0.470. The molecule has 1 aliphatic heterocycles. The summed E-state index contributed by atoms with van der Waals surface area (Å²) in [4.78, 5) is 0. The van der Waals surface area contributed by atoms with E-state index >= 15 is 0 Å². The molecule has 1 heterocycles. The predicted molar refractivity (Wildman–Crippen MR) is 84.9 cm³/mol. The number of hydrogen-bond donors (Lipinski definition) is 1. The van der Waals surface area contributed by atoms with Crippen molar-refractivity contribution < 1.29 is 0 Å². The van der Waals surface area contributed by atoms with Gasteiger partial charge in [0.05, 0.1) is 0 Å². The zero-order chi connectivity index (χ0) is 13.1. The molecule has 0 aromatic heterocycles. The van der Waals surface area contributed by atoms with Gasteiger partial charge >= 0.3 is 0 Å². The van der Waals surface area contributed by atoms with Crippen LogP contribution in [0.1, 0.15) is 61.6 Å². The average Bonchev–Trinajstić information content (AvgIpc) is 2.39. The Morgan fingerprint density at radius 1 is 1.16 bits per heavy atom. The van der Waals surface area contributed by atoms with Gasteiger partial charge in [0, 0.05) is 11.3 Å². The Balaban J connectivity index is 1.77. The molecule has 1 nitrogen and oxygen atoms in total. The SMILES string of the molecule is CNC(c1cccc(C2CCC2)c1)C1CCCCS1. The molecule has 1 aliphatic carbocycles. The van der Waals surface area contributed by atoms with Gasteiger partial charge in [0.1, 0.15) is 0 Å². The third kappa shape index (κ3) is 3.00. The van der Waals surface area contributed by atoms with Crippen LogP contribution in [0.15, 0.2) is 24.3 Å². The summed E-state index contributed by atoms with van der Waals surface area (Å²) in [6.07, 6.45) is 8.38. The van der Waals surface area contributed by atoms with Crippen LogP contribution in [0.5, 0.6) is 0 Å². The summed E-state index contributed by atoms with van der Waals surface area (Å²) in [5.74, 6) is 2.18. The molecule has 2 unspecified atom stereocenters. The van der Waals surface area contributed by atoms with Gasteiger partial charge in [0.15, 0.2) is 0 Å². The molecule has 1 saturated heterocycles. The van der Waals surface area contributed by atoms with Gasteiger partial charge in [-0.05, 0) is 55.5 Å². The number of thioether (sulfide) groups is 1. The minimum Gasteiger partial charge on any atom is -0.312 e. The molecule has 1 saturated carbocycles. The number of nitrogens with one attached hydrogen (secondary N) is 1. The van der Waals surface area contributed by atoms with Crippen LogP contribution in [-0.4, -0.2) is 18.1 Å². The van der Waals surface area contributed by atoms with Gasteiger partial charge in [-0.2, -0.15) is 11.8 Å². The second-order valence-corrected chi connectivity index (χ2v) is 7.32. The molecule has 0 bridgehead atoms. The molecule has 1 N–H and O–H groups in total. The maximum atomic E-state index is 3.57. The molecule has 2 fully saturated rings. The van der Waals surface area contributed by atoms with Gasteiger partial charge in [0.2, 0.25) is 0 Å². The standard InChI is InChI=1S/C17H25NS/c1-18-17(16-10-2-3-11-19-16)15-9-5-8-14(12-15)13-6-4-7-13/h5,8-9,12-13,16-18H,2-4,6-7,10-11H2,1H3. The van der Waals surface area contributed by atoms with E-state index < -0.39 is 0 Å². The predicted octanol–water partition coefficient (Wildman–Crippen LogP) is 4.50. The zero-order valence-corrected chi connectivity index (χ0v) is 12.7. The molecule has 104 valence electrons. The maximum absolute atomic E-state index is 3.57. The van der Waals surface area contributed by atoms with Gasteiger partial charge in [-0.25, -0.2) is 0 Å². The lowest BCUT2D eigenvalue weighted by atomic mass is 9.79. The van der Waals surface area contributed by atoms with E-state index in [1.807, 2.05) is 0 Å². The minimum atomic E-state index is 0.533. The van der Waals surface area contributed by atoms with Crippen molar-refractivity contribution >= 4 is 11.8 Å². The zero-order valence-electron chi connectivity index (χ0n) is 11.9. The molecule has 0 radical (unpaired) electrons. The molecule has 3 rings (SSSR count). The van der Waals surface area contributed by atoms with E-state index in [0.717, 1.165) is 11.2 Å². The topological polar surface area (TPSA) is 12.0 Å². The Morgan fingerprint density at radius 2 is 2.05 bits per heavy atom. The third-order valence-corrected chi connectivity index (χ3v) is 6.20. The lowest BCUT2D eigenvalue weighted by Gasteiger charge is -2.31. The second kappa shape index (κ2) is 6.32. The molecule has 1 aromatic carbocycles. The quantitative estimate of drug-likeness (QED) is 0.868. The van der Waals surface area contributed by atoms with Crippen LogP contribution in [0.3, 0.4) is 0 Å². The Bertz CT molecular complexity index is 407. The van der Waals surface area contributed by atoms with E-state index in [1.54, 1.807) is 5.56 Å². The van der Waals surface area contributed by atoms with E-state index in [-0.39, 0.29) is 0 Å². The minimum absolute atomic E-state index is 0.533. The summed E-state index contributed by atoms with van der Waals surface area (Å²) in [5.41, 5.74) is 3.08. The Morgan fingerprint density at radius 3 is 2.68 bits per heavy atom. The summed E-state index contributed by atoms with van der Waals surface area (Å²) in [5, 5.41) is 4.33. The molecule has 19 heavy (non-hydrogen) atoms. The molecule has 0 spiro atoms.